The summed E-state index contributed by atoms with van der Waals surface area (Å²) in [6.07, 6.45) is 0. The molecule has 2 aromatic carbocycles. The van der Waals surface area contributed by atoms with Crippen LogP contribution in [0.25, 0.3) is 0 Å². The van der Waals surface area contributed by atoms with Crippen molar-refractivity contribution in [1.82, 2.24) is 4.90 Å². The molecule has 2 atom stereocenters. The molecule has 3 heteroatoms. The Morgan fingerprint density at radius 1 is 1.09 bits per heavy atom. The van der Waals surface area contributed by atoms with Crippen molar-refractivity contribution in [3.63, 3.8) is 0 Å². The number of likely N-dealkylation sites (tertiary alicyclic amines) is 1. The van der Waals surface area contributed by atoms with E-state index in [4.69, 9.17) is 9.47 Å². The average Bonchev–Trinajstić information content (AvgIpc) is 2.97. The number of fused-ring (bicyclic) bond motifs is 3. The SMILES string of the molecule is COc1cccc2c1[C@@H]1CN(Cc3ccccc3)C[C@@H]1CO2. The maximum absolute atomic E-state index is 5.97. The van der Waals surface area contributed by atoms with Gasteiger partial charge in [0.25, 0.3) is 0 Å². The number of benzene rings is 2. The van der Waals surface area contributed by atoms with Crippen LogP contribution < -0.4 is 9.47 Å². The highest BCUT2D eigenvalue weighted by Crippen LogP contribution is 2.46. The summed E-state index contributed by atoms with van der Waals surface area (Å²) in [6.45, 7) is 4.00. The van der Waals surface area contributed by atoms with Crippen LogP contribution >= 0.6 is 0 Å². The number of hydrogen-bond donors (Lipinski definition) is 0. The van der Waals surface area contributed by atoms with Gasteiger partial charge in [0.15, 0.2) is 0 Å². The molecule has 2 aliphatic rings. The molecule has 0 saturated carbocycles. The molecule has 1 saturated heterocycles. The minimum Gasteiger partial charge on any atom is -0.496 e. The largest absolute Gasteiger partial charge is 0.496 e. The fourth-order valence-electron chi connectivity index (χ4n) is 3.82. The molecular weight excluding hydrogens is 274 g/mol. The van der Waals surface area contributed by atoms with Crippen LogP contribution in [0.4, 0.5) is 0 Å². The summed E-state index contributed by atoms with van der Waals surface area (Å²) in [4.78, 5) is 2.54. The molecule has 4 rings (SSSR count). The summed E-state index contributed by atoms with van der Waals surface area (Å²) in [6, 6.07) is 16.8. The highest BCUT2D eigenvalue weighted by molar-refractivity contribution is 5.49. The van der Waals surface area contributed by atoms with E-state index in [9.17, 15) is 0 Å². The van der Waals surface area contributed by atoms with Crippen molar-refractivity contribution in [2.45, 2.75) is 12.5 Å². The van der Waals surface area contributed by atoms with Gasteiger partial charge in [-0.05, 0) is 17.7 Å². The second-order valence-electron chi connectivity index (χ2n) is 6.23. The van der Waals surface area contributed by atoms with Crippen molar-refractivity contribution in [1.29, 1.82) is 0 Å². The van der Waals surface area contributed by atoms with E-state index in [1.807, 2.05) is 12.1 Å². The number of methoxy groups -OCH3 is 1. The topological polar surface area (TPSA) is 21.7 Å². The number of rotatable bonds is 3. The molecule has 114 valence electrons. The molecule has 0 bridgehead atoms. The molecule has 2 aliphatic heterocycles. The highest BCUT2D eigenvalue weighted by atomic mass is 16.5. The first-order chi connectivity index (χ1) is 10.8. The van der Waals surface area contributed by atoms with Gasteiger partial charge < -0.3 is 9.47 Å². The van der Waals surface area contributed by atoms with Gasteiger partial charge in [0.05, 0.1) is 13.7 Å². The Hall–Kier alpha value is -2.00. The van der Waals surface area contributed by atoms with E-state index in [2.05, 4.69) is 41.3 Å². The van der Waals surface area contributed by atoms with E-state index in [1.165, 1.54) is 11.1 Å². The molecule has 0 aliphatic carbocycles. The normalized spacial score (nSPS) is 23.5. The summed E-state index contributed by atoms with van der Waals surface area (Å²) in [5, 5.41) is 0. The first-order valence-corrected chi connectivity index (χ1v) is 7.91. The van der Waals surface area contributed by atoms with Gasteiger partial charge in [-0.2, -0.15) is 0 Å². The summed E-state index contributed by atoms with van der Waals surface area (Å²) < 4.78 is 11.5. The van der Waals surface area contributed by atoms with Gasteiger partial charge in [-0.3, -0.25) is 4.90 Å². The maximum atomic E-state index is 5.97. The zero-order chi connectivity index (χ0) is 14.9. The summed E-state index contributed by atoms with van der Waals surface area (Å²) in [5.41, 5.74) is 2.64. The smallest absolute Gasteiger partial charge is 0.126 e. The number of nitrogens with zero attached hydrogens (tertiary/aromatic N) is 1. The molecule has 2 heterocycles. The Labute approximate surface area is 131 Å². The summed E-state index contributed by atoms with van der Waals surface area (Å²) >= 11 is 0. The van der Waals surface area contributed by atoms with Crippen LogP contribution in [0.15, 0.2) is 48.5 Å². The molecule has 0 radical (unpaired) electrons. The van der Waals surface area contributed by atoms with Crippen molar-refractivity contribution in [2.24, 2.45) is 5.92 Å². The lowest BCUT2D eigenvalue weighted by Gasteiger charge is -2.29. The minimum atomic E-state index is 0.517. The molecule has 22 heavy (non-hydrogen) atoms. The van der Waals surface area contributed by atoms with Crippen molar-refractivity contribution in [3.8, 4) is 11.5 Å². The van der Waals surface area contributed by atoms with Gasteiger partial charge in [0.2, 0.25) is 0 Å². The van der Waals surface area contributed by atoms with Crippen LogP contribution in [0.1, 0.15) is 17.0 Å². The summed E-state index contributed by atoms with van der Waals surface area (Å²) in [7, 11) is 1.75. The van der Waals surface area contributed by atoms with Crippen LogP contribution in [0.3, 0.4) is 0 Å². The second kappa shape index (κ2) is 5.65. The molecule has 0 aromatic heterocycles. The van der Waals surface area contributed by atoms with Gasteiger partial charge in [0, 0.05) is 37.0 Å². The third-order valence-corrected chi connectivity index (χ3v) is 4.84. The van der Waals surface area contributed by atoms with Gasteiger partial charge in [0.1, 0.15) is 11.5 Å². The molecule has 0 unspecified atom stereocenters. The molecule has 0 N–H and O–H groups in total. The van der Waals surface area contributed by atoms with Crippen molar-refractivity contribution >= 4 is 0 Å². The first-order valence-electron chi connectivity index (χ1n) is 7.91. The average molecular weight is 295 g/mol. The monoisotopic (exact) mass is 295 g/mol. The lowest BCUT2D eigenvalue weighted by atomic mass is 9.86. The number of ether oxygens (including phenoxy) is 2. The fourth-order valence-corrected chi connectivity index (χ4v) is 3.82. The summed E-state index contributed by atoms with van der Waals surface area (Å²) in [5.74, 6) is 3.05. The van der Waals surface area contributed by atoms with E-state index in [1.54, 1.807) is 7.11 Å². The third kappa shape index (κ3) is 2.35. The Balaban J connectivity index is 1.58. The maximum Gasteiger partial charge on any atom is 0.126 e. The quantitative estimate of drug-likeness (QED) is 0.867. The third-order valence-electron chi connectivity index (χ3n) is 4.84. The Bertz CT molecular complexity index is 641. The van der Waals surface area contributed by atoms with Crippen LogP contribution in [0.5, 0.6) is 11.5 Å². The van der Waals surface area contributed by atoms with Crippen molar-refractivity contribution in [3.05, 3.63) is 59.7 Å². The van der Waals surface area contributed by atoms with Crippen LogP contribution in [-0.4, -0.2) is 31.7 Å². The predicted octanol–water partition coefficient (Wildman–Crippen LogP) is 3.30. The van der Waals surface area contributed by atoms with E-state index in [-0.39, 0.29) is 0 Å². The lowest BCUT2D eigenvalue weighted by molar-refractivity contribution is 0.208. The van der Waals surface area contributed by atoms with Gasteiger partial charge in [-0.1, -0.05) is 36.4 Å². The van der Waals surface area contributed by atoms with E-state index < -0.39 is 0 Å². The zero-order valence-corrected chi connectivity index (χ0v) is 12.9. The second-order valence-corrected chi connectivity index (χ2v) is 6.23. The van der Waals surface area contributed by atoms with Crippen LogP contribution in [-0.2, 0) is 6.54 Å². The fraction of sp³-hybridized carbons (Fsp3) is 0.368. The Kier molecular flexibility index (Phi) is 3.51. The van der Waals surface area contributed by atoms with Crippen molar-refractivity contribution in [2.75, 3.05) is 26.8 Å². The van der Waals surface area contributed by atoms with Crippen LogP contribution in [0.2, 0.25) is 0 Å². The van der Waals surface area contributed by atoms with E-state index in [0.29, 0.717) is 11.8 Å². The molecular formula is C19H21NO2. The molecule has 2 aromatic rings. The molecule has 0 amide bonds. The molecule has 0 spiro atoms. The van der Waals surface area contributed by atoms with Gasteiger partial charge in [-0.25, -0.2) is 0 Å². The Morgan fingerprint density at radius 2 is 1.95 bits per heavy atom. The zero-order valence-electron chi connectivity index (χ0n) is 12.9. The predicted molar refractivity (Wildman–Crippen MR) is 86.4 cm³/mol. The minimum absolute atomic E-state index is 0.517. The molecule has 1 fully saturated rings. The van der Waals surface area contributed by atoms with E-state index >= 15 is 0 Å². The lowest BCUT2D eigenvalue weighted by Crippen LogP contribution is -2.25. The Morgan fingerprint density at radius 3 is 2.77 bits per heavy atom. The van der Waals surface area contributed by atoms with Crippen LogP contribution in [0, 0.1) is 5.92 Å². The van der Waals surface area contributed by atoms with Gasteiger partial charge in [-0.15, -0.1) is 0 Å². The highest BCUT2D eigenvalue weighted by Gasteiger charge is 2.40. The standard InChI is InChI=1S/C19H21NO2/c1-21-17-8-5-9-18-19(17)16-12-20(11-15(16)13-22-18)10-14-6-3-2-4-7-14/h2-9,15-16H,10-13H2,1H3/t15-,16-/m1/s1. The first kappa shape index (κ1) is 13.6. The van der Waals surface area contributed by atoms with Gasteiger partial charge >= 0.3 is 0 Å². The molecule has 3 nitrogen and oxygen atoms in total. The van der Waals surface area contributed by atoms with E-state index in [0.717, 1.165) is 37.7 Å². The number of hydrogen-bond acceptors (Lipinski definition) is 3. The van der Waals surface area contributed by atoms with Crippen molar-refractivity contribution < 1.29 is 9.47 Å².